The molecule has 3 rings (SSSR count). The van der Waals surface area contributed by atoms with Crippen molar-refractivity contribution in [2.24, 2.45) is 0 Å². The highest BCUT2D eigenvalue weighted by atomic mass is 35.5. The molecule has 1 fully saturated rings. The van der Waals surface area contributed by atoms with Gasteiger partial charge in [-0.1, -0.05) is 11.6 Å². The number of halogens is 1. The van der Waals surface area contributed by atoms with Gasteiger partial charge in [0.05, 0.1) is 23.9 Å². The minimum absolute atomic E-state index is 0.0333. The van der Waals surface area contributed by atoms with Crippen LogP contribution in [0.4, 0.5) is 0 Å². The molecule has 7 heteroatoms. The predicted octanol–water partition coefficient (Wildman–Crippen LogP) is 2.27. The highest BCUT2D eigenvalue weighted by Crippen LogP contribution is 2.31. The van der Waals surface area contributed by atoms with E-state index >= 15 is 0 Å². The monoisotopic (exact) mass is 306 g/mol. The number of benzene rings is 1. The van der Waals surface area contributed by atoms with Crippen LogP contribution >= 0.6 is 11.6 Å². The summed E-state index contributed by atoms with van der Waals surface area (Å²) in [5.41, 5.74) is 1.19. The minimum atomic E-state index is -1.17. The normalized spacial score (nSPS) is 14.5. The molecule has 21 heavy (non-hydrogen) atoms. The summed E-state index contributed by atoms with van der Waals surface area (Å²) in [6.45, 7) is 1.12. The molecule has 1 aromatic heterocycles. The fraction of sp³-hybridized carbons (Fsp3) is 0.214. The molecule has 1 aliphatic rings. The van der Waals surface area contributed by atoms with Crippen LogP contribution in [-0.4, -0.2) is 40.4 Å². The average Bonchev–Trinajstić information content (AvgIpc) is 2.44. The van der Waals surface area contributed by atoms with Gasteiger partial charge in [0.15, 0.2) is 0 Å². The standard InChI is InChI=1S/C14H11ClN2O4/c15-10-5-8(1-2-12(10)21-9-6-20-7-9)11-3-4-16-13(17-11)14(18)19/h1-5,9H,6-7H2,(H,18,19). The Morgan fingerprint density at radius 3 is 2.81 bits per heavy atom. The van der Waals surface area contributed by atoms with Gasteiger partial charge in [0.25, 0.3) is 0 Å². The van der Waals surface area contributed by atoms with E-state index in [1.165, 1.54) is 6.20 Å². The Balaban J connectivity index is 1.87. The van der Waals surface area contributed by atoms with Gasteiger partial charge < -0.3 is 14.6 Å². The third-order valence-electron chi connectivity index (χ3n) is 2.98. The Kier molecular flexibility index (Phi) is 3.72. The lowest BCUT2D eigenvalue weighted by Gasteiger charge is -2.27. The highest BCUT2D eigenvalue weighted by Gasteiger charge is 2.21. The van der Waals surface area contributed by atoms with Crippen LogP contribution in [0.15, 0.2) is 30.5 Å². The maximum atomic E-state index is 10.9. The highest BCUT2D eigenvalue weighted by molar-refractivity contribution is 6.32. The SMILES string of the molecule is O=C(O)c1nccc(-c2ccc(OC3COC3)c(Cl)c2)n1. The molecule has 108 valence electrons. The number of aromatic carboxylic acids is 1. The Hall–Kier alpha value is -2.18. The van der Waals surface area contributed by atoms with Crippen LogP contribution in [0, 0.1) is 0 Å². The van der Waals surface area contributed by atoms with Gasteiger partial charge in [0, 0.05) is 11.8 Å². The number of ether oxygens (including phenoxy) is 2. The summed E-state index contributed by atoms with van der Waals surface area (Å²) in [5.74, 6) is -0.857. The van der Waals surface area contributed by atoms with Crippen LogP contribution in [0.3, 0.4) is 0 Å². The van der Waals surface area contributed by atoms with Gasteiger partial charge in [0.2, 0.25) is 5.82 Å². The van der Waals surface area contributed by atoms with Crippen molar-refractivity contribution in [1.29, 1.82) is 0 Å². The van der Waals surface area contributed by atoms with Gasteiger partial charge in [0.1, 0.15) is 11.9 Å². The minimum Gasteiger partial charge on any atom is -0.484 e. The van der Waals surface area contributed by atoms with Crippen LogP contribution in [0.1, 0.15) is 10.6 Å². The molecule has 0 unspecified atom stereocenters. The first-order valence-corrected chi connectivity index (χ1v) is 6.62. The second-order valence-electron chi connectivity index (χ2n) is 4.49. The second kappa shape index (κ2) is 5.67. The molecule has 2 heterocycles. The van der Waals surface area contributed by atoms with E-state index in [1.807, 2.05) is 0 Å². The summed E-state index contributed by atoms with van der Waals surface area (Å²) in [7, 11) is 0. The largest absolute Gasteiger partial charge is 0.484 e. The quantitative estimate of drug-likeness (QED) is 0.933. The van der Waals surface area contributed by atoms with E-state index in [0.29, 0.717) is 35.2 Å². The molecule has 1 aromatic carbocycles. The Bertz CT molecular complexity index is 688. The van der Waals surface area contributed by atoms with Gasteiger partial charge in [-0.2, -0.15) is 0 Å². The molecular weight excluding hydrogens is 296 g/mol. The number of carboxylic acids is 1. The smallest absolute Gasteiger partial charge is 0.373 e. The zero-order valence-corrected chi connectivity index (χ0v) is 11.6. The summed E-state index contributed by atoms with van der Waals surface area (Å²) in [5, 5.41) is 9.34. The topological polar surface area (TPSA) is 81.5 Å². The van der Waals surface area contributed by atoms with Crippen molar-refractivity contribution < 1.29 is 19.4 Å². The zero-order valence-electron chi connectivity index (χ0n) is 10.8. The van der Waals surface area contributed by atoms with Crippen LogP contribution in [0.25, 0.3) is 11.3 Å². The fourth-order valence-corrected chi connectivity index (χ4v) is 2.07. The van der Waals surface area contributed by atoms with Crippen molar-refractivity contribution in [3.63, 3.8) is 0 Å². The number of nitrogens with zero attached hydrogens (tertiary/aromatic N) is 2. The van der Waals surface area contributed by atoms with Crippen molar-refractivity contribution in [2.75, 3.05) is 13.2 Å². The third-order valence-corrected chi connectivity index (χ3v) is 3.27. The van der Waals surface area contributed by atoms with Crippen molar-refractivity contribution in [1.82, 2.24) is 9.97 Å². The second-order valence-corrected chi connectivity index (χ2v) is 4.90. The third kappa shape index (κ3) is 2.96. The maximum Gasteiger partial charge on any atom is 0.373 e. The van der Waals surface area contributed by atoms with Crippen molar-refractivity contribution in [2.45, 2.75) is 6.10 Å². The molecule has 0 atom stereocenters. The van der Waals surface area contributed by atoms with Crippen LogP contribution in [0.2, 0.25) is 5.02 Å². The van der Waals surface area contributed by atoms with E-state index < -0.39 is 5.97 Å². The van der Waals surface area contributed by atoms with E-state index in [4.69, 9.17) is 26.2 Å². The first kappa shape index (κ1) is 13.8. The van der Waals surface area contributed by atoms with Gasteiger partial charge in [-0.25, -0.2) is 14.8 Å². The van der Waals surface area contributed by atoms with Crippen molar-refractivity contribution in [3.05, 3.63) is 41.3 Å². The molecule has 0 spiro atoms. The first-order chi connectivity index (χ1) is 10.1. The summed E-state index contributed by atoms with van der Waals surface area (Å²) >= 11 is 6.18. The lowest BCUT2D eigenvalue weighted by Crippen LogP contribution is -2.38. The predicted molar refractivity (Wildman–Crippen MR) is 74.7 cm³/mol. The number of hydrogen-bond acceptors (Lipinski definition) is 5. The van der Waals surface area contributed by atoms with Crippen molar-refractivity contribution >= 4 is 17.6 Å². The maximum absolute atomic E-state index is 10.9. The molecule has 6 nitrogen and oxygen atoms in total. The van der Waals surface area contributed by atoms with E-state index in [0.717, 1.165) is 0 Å². The summed E-state index contributed by atoms with van der Waals surface area (Å²) in [4.78, 5) is 18.5. The molecule has 1 saturated heterocycles. The van der Waals surface area contributed by atoms with Crippen LogP contribution < -0.4 is 4.74 Å². The van der Waals surface area contributed by atoms with Gasteiger partial charge in [-0.15, -0.1) is 0 Å². The Morgan fingerprint density at radius 2 is 2.19 bits per heavy atom. The van der Waals surface area contributed by atoms with Gasteiger partial charge in [-0.05, 0) is 24.3 Å². The molecule has 0 saturated carbocycles. The van der Waals surface area contributed by atoms with E-state index in [-0.39, 0.29) is 11.9 Å². The van der Waals surface area contributed by atoms with E-state index in [9.17, 15) is 4.79 Å². The molecule has 0 amide bonds. The molecule has 0 bridgehead atoms. The first-order valence-electron chi connectivity index (χ1n) is 6.24. The molecular formula is C14H11ClN2O4. The average molecular weight is 307 g/mol. The van der Waals surface area contributed by atoms with Crippen LogP contribution in [-0.2, 0) is 4.74 Å². The lowest BCUT2D eigenvalue weighted by molar-refractivity contribution is -0.0796. The Morgan fingerprint density at radius 1 is 1.38 bits per heavy atom. The molecule has 2 aromatic rings. The fourth-order valence-electron chi connectivity index (χ4n) is 1.84. The summed E-state index contributed by atoms with van der Waals surface area (Å²) < 4.78 is 10.7. The molecule has 0 radical (unpaired) electrons. The number of hydrogen-bond donors (Lipinski definition) is 1. The summed E-state index contributed by atoms with van der Waals surface area (Å²) in [6, 6.07) is 6.82. The van der Waals surface area contributed by atoms with Gasteiger partial charge >= 0.3 is 5.97 Å². The number of carbonyl (C=O) groups is 1. The lowest BCUT2D eigenvalue weighted by atomic mass is 10.1. The van der Waals surface area contributed by atoms with Gasteiger partial charge in [-0.3, -0.25) is 0 Å². The molecule has 1 aliphatic heterocycles. The van der Waals surface area contributed by atoms with Crippen molar-refractivity contribution in [3.8, 4) is 17.0 Å². The zero-order chi connectivity index (χ0) is 14.8. The Labute approximate surface area is 125 Å². The molecule has 0 aliphatic carbocycles. The number of rotatable bonds is 4. The number of carboxylic acid groups (broad SMARTS) is 1. The molecule has 1 N–H and O–H groups in total. The van der Waals surface area contributed by atoms with E-state index in [2.05, 4.69) is 9.97 Å². The number of aromatic nitrogens is 2. The summed E-state index contributed by atoms with van der Waals surface area (Å²) in [6.07, 6.45) is 1.43. The van der Waals surface area contributed by atoms with Crippen LogP contribution in [0.5, 0.6) is 5.75 Å². The van der Waals surface area contributed by atoms with E-state index in [1.54, 1.807) is 24.3 Å².